The van der Waals surface area contributed by atoms with E-state index in [2.05, 4.69) is 34.5 Å². The predicted octanol–water partition coefficient (Wildman–Crippen LogP) is 2.72. The molecule has 3 atom stereocenters. The summed E-state index contributed by atoms with van der Waals surface area (Å²) < 4.78 is 5.97. The van der Waals surface area contributed by atoms with Crippen LogP contribution in [0.4, 0.5) is 0 Å². The van der Waals surface area contributed by atoms with Crippen molar-refractivity contribution in [2.45, 2.75) is 57.3 Å². The van der Waals surface area contributed by atoms with Crippen LogP contribution in [0.1, 0.15) is 47.2 Å². The van der Waals surface area contributed by atoms with Crippen molar-refractivity contribution in [1.29, 1.82) is 0 Å². The molecule has 0 saturated carbocycles. The number of nitrogens with one attached hydrogen (secondary N) is 1. The number of amides is 2. The number of aryl methyl sites for hydroxylation is 1. The molecule has 7 heteroatoms. The van der Waals surface area contributed by atoms with E-state index >= 15 is 0 Å². The highest BCUT2D eigenvalue weighted by atomic mass is 16.5. The van der Waals surface area contributed by atoms with Crippen molar-refractivity contribution in [3.8, 4) is 0 Å². The molecule has 2 heterocycles. The highest BCUT2D eigenvalue weighted by molar-refractivity contribution is 5.97. The monoisotopic (exact) mass is 478 g/mol. The van der Waals surface area contributed by atoms with Gasteiger partial charge in [-0.3, -0.25) is 14.5 Å². The van der Waals surface area contributed by atoms with Gasteiger partial charge in [-0.15, -0.1) is 0 Å². The van der Waals surface area contributed by atoms with Gasteiger partial charge in [0.05, 0.1) is 6.10 Å². The van der Waals surface area contributed by atoms with Crippen molar-refractivity contribution in [2.75, 3.05) is 32.8 Å². The summed E-state index contributed by atoms with van der Waals surface area (Å²) in [4.78, 5) is 30.9. The minimum Gasteiger partial charge on any atom is -0.377 e. The first kappa shape index (κ1) is 25.4. The fourth-order valence-electron chi connectivity index (χ4n) is 5.16. The van der Waals surface area contributed by atoms with E-state index in [0.29, 0.717) is 31.6 Å². The molecule has 0 aromatic heterocycles. The van der Waals surface area contributed by atoms with Gasteiger partial charge in [-0.1, -0.05) is 48.0 Å². The van der Waals surface area contributed by atoms with Crippen molar-refractivity contribution in [3.05, 3.63) is 71.3 Å². The van der Waals surface area contributed by atoms with Gasteiger partial charge in [-0.25, -0.2) is 0 Å². The van der Waals surface area contributed by atoms with Gasteiger partial charge in [-0.05, 0) is 50.3 Å². The number of hydrogen-bond donors (Lipinski definition) is 2. The van der Waals surface area contributed by atoms with E-state index in [9.17, 15) is 9.59 Å². The average molecular weight is 479 g/mol. The van der Waals surface area contributed by atoms with Crippen molar-refractivity contribution in [3.63, 3.8) is 0 Å². The summed E-state index contributed by atoms with van der Waals surface area (Å²) in [6, 6.07) is 17.6. The van der Waals surface area contributed by atoms with Gasteiger partial charge in [0, 0.05) is 50.9 Å². The molecule has 2 aliphatic heterocycles. The second kappa shape index (κ2) is 12.3. The van der Waals surface area contributed by atoms with Crippen LogP contribution in [-0.2, 0) is 16.1 Å². The lowest BCUT2D eigenvalue weighted by molar-refractivity contribution is -0.127. The van der Waals surface area contributed by atoms with Gasteiger partial charge >= 0.3 is 0 Å². The van der Waals surface area contributed by atoms with Crippen molar-refractivity contribution >= 4 is 11.8 Å². The van der Waals surface area contributed by atoms with E-state index in [1.807, 2.05) is 37.3 Å². The Labute approximate surface area is 208 Å². The zero-order valence-electron chi connectivity index (χ0n) is 20.7. The lowest BCUT2D eigenvalue weighted by Crippen LogP contribution is -2.58. The van der Waals surface area contributed by atoms with Crippen LogP contribution >= 0.6 is 0 Å². The average Bonchev–Trinajstić information content (AvgIpc) is 3.40. The smallest absolute Gasteiger partial charge is 0.254 e. The first-order chi connectivity index (χ1) is 17.0. The van der Waals surface area contributed by atoms with Crippen molar-refractivity contribution < 1.29 is 14.3 Å². The molecule has 0 aliphatic carbocycles. The Bertz CT molecular complexity index is 960. The molecule has 188 valence electrons. The number of rotatable bonds is 9. The first-order valence-corrected chi connectivity index (χ1v) is 12.8. The quantitative estimate of drug-likeness (QED) is 0.579. The molecule has 2 fully saturated rings. The molecule has 7 nitrogen and oxygen atoms in total. The Morgan fingerprint density at radius 2 is 1.89 bits per heavy atom. The topological polar surface area (TPSA) is 87.9 Å². The lowest BCUT2D eigenvalue weighted by atomic mass is 9.93. The summed E-state index contributed by atoms with van der Waals surface area (Å²) in [5.74, 6) is -0.220. The minimum atomic E-state index is -0.531. The number of piperidine rings is 1. The summed E-state index contributed by atoms with van der Waals surface area (Å²) in [6.45, 7) is 5.75. The molecule has 0 spiro atoms. The Kier molecular flexibility index (Phi) is 8.90. The standard InChI is InChI=1S/C28H38N4O3/c1-21-9-11-23(12-10-21)28(34)32-16-13-24(18-26(32)27(33)30-15-14-29)31(20-25-8-5-17-35-25)19-22-6-3-2-4-7-22/h2-4,6-7,9-12,24-26H,5,8,13-20,29H2,1H3,(H,30,33)/t24?,25?,26-/m1/s1. The van der Waals surface area contributed by atoms with Gasteiger partial charge in [0.25, 0.3) is 5.91 Å². The molecule has 2 unspecified atom stereocenters. The number of carbonyl (C=O) groups excluding carboxylic acids is 2. The normalized spacial score (nSPS) is 22.4. The Hall–Kier alpha value is -2.74. The molecule has 2 aromatic carbocycles. The number of hydrogen-bond acceptors (Lipinski definition) is 5. The minimum absolute atomic E-state index is 0.0925. The van der Waals surface area contributed by atoms with Gasteiger partial charge < -0.3 is 20.7 Å². The van der Waals surface area contributed by atoms with E-state index in [1.165, 1.54) is 5.56 Å². The van der Waals surface area contributed by atoms with Crippen LogP contribution in [0.5, 0.6) is 0 Å². The maximum absolute atomic E-state index is 13.4. The Morgan fingerprint density at radius 3 is 2.57 bits per heavy atom. The number of likely N-dealkylation sites (tertiary alicyclic amines) is 1. The largest absolute Gasteiger partial charge is 0.377 e. The van der Waals surface area contributed by atoms with Crippen LogP contribution in [0.3, 0.4) is 0 Å². The van der Waals surface area contributed by atoms with Crippen LogP contribution in [0.2, 0.25) is 0 Å². The van der Waals surface area contributed by atoms with Gasteiger partial charge in [0.15, 0.2) is 0 Å². The SMILES string of the molecule is Cc1ccc(C(=O)N2CCC(N(Cc3ccccc3)CC3CCCO3)C[C@@H]2C(=O)NCCN)cc1. The molecule has 35 heavy (non-hydrogen) atoms. The van der Waals surface area contributed by atoms with Crippen LogP contribution in [0, 0.1) is 6.92 Å². The molecule has 0 bridgehead atoms. The predicted molar refractivity (Wildman–Crippen MR) is 137 cm³/mol. The van der Waals surface area contributed by atoms with E-state index in [0.717, 1.165) is 44.5 Å². The molecule has 3 N–H and O–H groups in total. The Balaban J connectivity index is 1.54. The number of carbonyl (C=O) groups is 2. The molecule has 0 radical (unpaired) electrons. The molecular weight excluding hydrogens is 440 g/mol. The fraction of sp³-hybridized carbons (Fsp3) is 0.500. The number of nitrogens with zero attached hydrogens (tertiary/aromatic N) is 2. The van der Waals surface area contributed by atoms with Crippen LogP contribution in [0.15, 0.2) is 54.6 Å². The summed E-state index contributed by atoms with van der Waals surface area (Å²) >= 11 is 0. The number of nitrogens with two attached hydrogens (primary N) is 1. The van der Waals surface area contributed by atoms with E-state index in [-0.39, 0.29) is 24.0 Å². The molecular formula is C28H38N4O3. The fourth-order valence-corrected chi connectivity index (χ4v) is 5.16. The summed E-state index contributed by atoms with van der Waals surface area (Å²) in [6.07, 6.45) is 3.79. The zero-order chi connectivity index (χ0) is 24.6. The summed E-state index contributed by atoms with van der Waals surface area (Å²) in [7, 11) is 0. The van der Waals surface area contributed by atoms with Crippen LogP contribution < -0.4 is 11.1 Å². The van der Waals surface area contributed by atoms with Gasteiger partial charge in [0.2, 0.25) is 5.91 Å². The summed E-state index contributed by atoms with van der Waals surface area (Å²) in [5, 5.41) is 2.93. The lowest BCUT2D eigenvalue weighted by Gasteiger charge is -2.43. The number of ether oxygens (including phenoxy) is 1. The summed E-state index contributed by atoms with van der Waals surface area (Å²) in [5.41, 5.74) is 8.60. The van der Waals surface area contributed by atoms with Crippen LogP contribution in [0.25, 0.3) is 0 Å². The van der Waals surface area contributed by atoms with Crippen molar-refractivity contribution in [2.24, 2.45) is 5.73 Å². The third-order valence-electron chi connectivity index (χ3n) is 7.09. The van der Waals surface area contributed by atoms with Crippen LogP contribution in [-0.4, -0.2) is 72.6 Å². The second-order valence-corrected chi connectivity index (χ2v) is 9.69. The number of benzene rings is 2. The van der Waals surface area contributed by atoms with E-state index in [4.69, 9.17) is 10.5 Å². The van der Waals surface area contributed by atoms with E-state index in [1.54, 1.807) is 4.90 Å². The maximum Gasteiger partial charge on any atom is 0.254 e. The van der Waals surface area contributed by atoms with Crippen molar-refractivity contribution in [1.82, 2.24) is 15.1 Å². The molecule has 2 aromatic rings. The highest BCUT2D eigenvalue weighted by Crippen LogP contribution is 2.27. The highest BCUT2D eigenvalue weighted by Gasteiger charge is 2.39. The van der Waals surface area contributed by atoms with E-state index < -0.39 is 6.04 Å². The maximum atomic E-state index is 13.4. The second-order valence-electron chi connectivity index (χ2n) is 9.69. The van der Waals surface area contributed by atoms with Gasteiger partial charge in [0.1, 0.15) is 6.04 Å². The Morgan fingerprint density at radius 1 is 1.11 bits per heavy atom. The molecule has 2 amide bonds. The first-order valence-electron chi connectivity index (χ1n) is 12.8. The third-order valence-corrected chi connectivity index (χ3v) is 7.09. The third kappa shape index (κ3) is 6.69. The van der Waals surface area contributed by atoms with Gasteiger partial charge in [-0.2, -0.15) is 0 Å². The molecule has 4 rings (SSSR count). The zero-order valence-corrected chi connectivity index (χ0v) is 20.7. The molecule has 2 aliphatic rings. The molecule has 2 saturated heterocycles.